The number of nitrogens with zero attached hydrogens (tertiary/aromatic N) is 2. The molecule has 0 aromatic rings. The molecule has 24 heteroatoms. The zero-order valence-corrected chi connectivity index (χ0v) is 58.8. The number of hydrogen-bond donors (Lipinski definition) is 10. The molecule has 0 saturated heterocycles. The molecular weight excluding hydrogens is 1220 g/mol. The van der Waals surface area contributed by atoms with Gasteiger partial charge in [0, 0.05) is 43.4 Å². The van der Waals surface area contributed by atoms with Gasteiger partial charge in [-0.2, -0.15) is 0 Å². The maximum atomic E-state index is 11.2. The molecule has 0 heterocycles. The number of unbranched alkanes of at least 4 members (excludes halogenated alkanes) is 21. The Balaban J connectivity index is -0.000000121. The second kappa shape index (κ2) is 95.6. The highest BCUT2D eigenvalue weighted by Crippen LogP contribution is 2.13. The maximum Gasteiger partial charge on any atom is 0.316 e. The zero-order chi connectivity index (χ0) is 70.0. The molecule has 6 unspecified atom stereocenters. The average Bonchev–Trinajstić information content (AvgIpc) is 3.53. The van der Waals surface area contributed by atoms with E-state index in [4.69, 9.17) is 50.9 Å². The van der Waals surface area contributed by atoms with E-state index in [0.29, 0.717) is 38.5 Å². The van der Waals surface area contributed by atoms with Crippen LogP contribution in [0.25, 0.3) is 0 Å². The smallest absolute Gasteiger partial charge is 0.316 e. The van der Waals surface area contributed by atoms with Crippen molar-refractivity contribution in [2.75, 3.05) is 66.3 Å². The van der Waals surface area contributed by atoms with Crippen LogP contribution < -0.4 is 0 Å². The van der Waals surface area contributed by atoms with Crippen LogP contribution in [0.1, 0.15) is 280 Å². The molecule has 0 aromatic heterocycles. The number of aliphatic hydroxyl groups is 10. The van der Waals surface area contributed by atoms with Crippen molar-refractivity contribution in [3.63, 3.8) is 0 Å². The molecule has 0 fully saturated rings. The third-order valence-electron chi connectivity index (χ3n) is 12.0. The Labute approximate surface area is 546 Å². The Morgan fingerprint density at radius 2 is 0.663 bits per heavy atom. The lowest BCUT2D eigenvalue weighted by Gasteiger charge is -2.11. The first-order valence-corrected chi connectivity index (χ1v) is 33.9. The van der Waals surface area contributed by atoms with E-state index in [1.54, 1.807) is 6.92 Å². The Morgan fingerprint density at radius 1 is 0.393 bits per heavy atom. The van der Waals surface area contributed by atoms with Gasteiger partial charge in [0.15, 0.2) is 0 Å². The molecule has 0 saturated carbocycles. The van der Waals surface area contributed by atoms with Crippen molar-refractivity contribution in [2.24, 2.45) is 0 Å². The molecule has 89 heavy (non-hydrogen) atoms. The molecule has 6 atom stereocenters. The molecular formula is C65H133BrN2O21. The number of aldehydes is 1. The van der Waals surface area contributed by atoms with Gasteiger partial charge in [-0.25, -0.2) is 0 Å². The molecule has 0 aliphatic rings. The second-order valence-electron chi connectivity index (χ2n) is 21.1. The van der Waals surface area contributed by atoms with Crippen LogP contribution in [-0.2, 0) is 52.5 Å². The summed E-state index contributed by atoms with van der Waals surface area (Å²) in [7, 11) is 4.04. The summed E-state index contributed by atoms with van der Waals surface area (Å²) < 4.78 is 22.8. The quantitative estimate of drug-likeness (QED) is 0.00676. The van der Waals surface area contributed by atoms with E-state index in [0.717, 1.165) is 70.5 Å². The highest BCUT2D eigenvalue weighted by molar-refractivity contribution is 9.09. The number of rotatable bonds is 47. The van der Waals surface area contributed by atoms with Crippen LogP contribution >= 0.6 is 15.9 Å². The van der Waals surface area contributed by atoms with Crippen molar-refractivity contribution in [3.05, 3.63) is 0 Å². The molecule has 0 spiro atoms. The fourth-order valence-electron chi connectivity index (χ4n) is 6.82. The van der Waals surface area contributed by atoms with Crippen LogP contribution in [0.4, 0.5) is 0 Å². The van der Waals surface area contributed by atoms with Crippen LogP contribution in [-0.4, -0.2) is 190 Å². The van der Waals surface area contributed by atoms with Crippen LogP contribution in [0.5, 0.6) is 0 Å². The lowest BCUT2D eigenvalue weighted by atomic mass is 10.1. The van der Waals surface area contributed by atoms with Gasteiger partial charge in [-0.15, -0.1) is 0 Å². The van der Waals surface area contributed by atoms with Crippen LogP contribution in [0, 0.1) is 10.8 Å². The summed E-state index contributed by atoms with van der Waals surface area (Å²) in [4.78, 5) is 63.7. The van der Waals surface area contributed by atoms with Gasteiger partial charge in [-0.1, -0.05) is 205 Å². The number of hydrogen-bond acceptors (Lipinski definition) is 23. The van der Waals surface area contributed by atoms with E-state index in [2.05, 4.69) is 64.8 Å². The summed E-state index contributed by atoms with van der Waals surface area (Å²) in [6.07, 6.45) is 31.7. The Bertz CT molecular complexity index is 1380. The molecule has 10 N–H and O–H groups in total. The van der Waals surface area contributed by atoms with E-state index >= 15 is 0 Å². The van der Waals surface area contributed by atoms with Crippen molar-refractivity contribution >= 4 is 52.1 Å². The average molecular weight is 1360 g/mol. The van der Waals surface area contributed by atoms with Crippen molar-refractivity contribution < 1.29 is 104 Å². The largest absolute Gasteiger partial charge is 0.469 e. The number of alkyl halides is 1. The molecule has 0 aliphatic carbocycles. The molecule has 0 aromatic carbocycles. The van der Waals surface area contributed by atoms with Crippen molar-refractivity contribution in [1.82, 2.24) is 0 Å². The third kappa shape index (κ3) is 123. The molecule has 0 rings (SSSR count). The molecule has 0 radical (unpaired) electrons. The SMILES string of the molecule is CC(O)CO.CCCCCCCC(O)CC(=O)OC.CCCCCCCC(O)CC(=O)OC.CCCCCCCC(O)CC(=O)OCC(C)O.CCCCCCCC(O)CC(=O)OCCCO.CCCCCCCC=O.COC(=O)CBr.N#N.OCCCO. The van der Waals surface area contributed by atoms with Gasteiger partial charge >= 0.3 is 29.8 Å². The fourth-order valence-corrected chi connectivity index (χ4v) is 7.05. The Kier molecular flexibility index (Phi) is 112. The van der Waals surface area contributed by atoms with Gasteiger partial charge in [0.1, 0.15) is 18.2 Å². The highest BCUT2D eigenvalue weighted by Gasteiger charge is 2.14. The minimum Gasteiger partial charge on any atom is -0.469 e. The summed E-state index contributed by atoms with van der Waals surface area (Å²) in [5, 5.41) is 99.5. The highest BCUT2D eigenvalue weighted by atomic mass is 79.9. The van der Waals surface area contributed by atoms with Gasteiger partial charge in [-0.05, 0) is 52.4 Å². The standard InChI is InChI=1S/2C13H26O4.2C11H22O3.C8H16O.C3H5BrO2.2C3H8O2.N2/c1-3-4-5-6-7-8-12(15)9-13(16)17-10-11(2)14;1-2-3-4-5-6-8-12(15)11-13(16)17-10-7-9-14;2*1-3-4-5-6-7-8-10(12)9-11(13)14-2;1-2-3-4-5-6-7-8-9;1-6-3(5)2-4;1-3(5)2-4;4-2-1-3-5;1-2/h11-12,14-15H,3-10H2,1-2H3;12,14-15H,2-11H2,1H3;2*10,12H,3-9H2,1-2H3;8H,2-7H2,1H3;2H2,1H3;3-5H,2H2,1H3;4-5H,1-3H2;. The van der Waals surface area contributed by atoms with E-state index in [9.17, 15) is 49.2 Å². The summed E-state index contributed by atoms with van der Waals surface area (Å²) in [5.41, 5.74) is 0. The predicted molar refractivity (Wildman–Crippen MR) is 352 cm³/mol. The molecule has 0 amide bonds. The molecule has 23 nitrogen and oxygen atoms in total. The predicted octanol–water partition coefficient (Wildman–Crippen LogP) is 10.4. The monoisotopic (exact) mass is 1360 g/mol. The molecule has 536 valence electrons. The van der Waals surface area contributed by atoms with E-state index in [1.165, 1.54) is 131 Å². The molecule has 0 bridgehead atoms. The zero-order valence-electron chi connectivity index (χ0n) is 57.2. The third-order valence-corrected chi connectivity index (χ3v) is 12.5. The number of carbonyl (C=O) groups is 6. The number of halogens is 1. The van der Waals surface area contributed by atoms with Crippen molar-refractivity contribution in [2.45, 2.75) is 316 Å². The van der Waals surface area contributed by atoms with E-state index in [1.807, 2.05) is 0 Å². The number of ether oxygens (including phenoxy) is 5. The minimum absolute atomic E-state index is 0.00204. The Morgan fingerprint density at radius 3 is 0.876 bits per heavy atom. The van der Waals surface area contributed by atoms with Gasteiger partial charge in [0.05, 0.1) is 96.9 Å². The molecule has 0 aliphatic heterocycles. The number of esters is 5. The first-order valence-electron chi connectivity index (χ1n) is 32.8. The maximum absolute atomic E-state index is 11.2. The lowest BCUT2D eigenvalue weighted by Crippen LogP contribution is -2.20. The summed E-state index contributed by atoms with van der Waals surface area (Å²) >= 11 is 2.90. The van der Waals surface area contributed by atoms with Gasteiger partial charge in [0.2, 0.25) is 0 Å². The van der Waals surface area contributed by atoms with Gasteiger partial charge in [0.25, 0.3) is 0 Å². The van der Waals surface area contributed by atoms with Crippen LogP contribution in [0.15, 0.2) is 0 Å². The van der Waals surface area contributed by atoms with Gasteiger partial charge in [-0.3, -0.25) is 24.0 Å². The van der Waals surface area contributed by atoms with Crippen LogP contribution in [0.2, 0.25) is 0 Å². The second-order valence-corrected chi connectivity index (χ2v) is 21.7. The van der Waals surface area contributed by atoms with Crippen molar-refractivity contribution in [1.29, 1.82) is 10.8 Å². The first kappa shape index (κ1) is 104. The summed E-state index contributed by atoms with van der Waals surface area (Å²) in [6.45, 7) is 14.3. The van der Waals surface area contributed by atoms with Gasteiger partial charge < -0.3 is 79.5 Å². The number of carbonyl (C=O) groups excluding carboxylic acids is 6. The fraction of sp³-hybridized carbons (Fsp3) is 0.908. The summed E-state index contributed by atoms with van der Waals surface area (Å²) in [6, 6.07) is 0. The minimum atomic E-state index is -0.648. The van der Waals surface area contributed by atoms with Crippen LogP contribution in [0.3, 0.4) is 0 Å². The van der Waals surface area contributed by atoms with E-state index in [-0.39, 0.29) is 94.5 Å². The Hall–Kier alpha value is -3.48. The topological polar surface area (TPSA) is 398 Å². The first-order chi connectivity index (χ1) is 42.6. The number of methoxy groups -OCH3 is 3. The lowest BCUT2D eigenvalue weighted by molar-refractivity contribution is -0.149. The van der Waals surface area contributed by atoms with E-state index < -0.39 is 42.6 Å². The number of aliphatic hydroxyl groups excluding tert-OH is 10. The normalized spacial score (nSPS) is 11.9. The van der Waals surface area contributed by atoms with Crippen molar-refractivity contribution in [3.8, 4) is 0 Å². The summed E-state index contributed by atoms with van der Waals surface area (Å²) in [5.74, 6) is -1.71.